The molecule has 116 valence electrons. The molecule has 2 rings (SSSR count). The number of hydrogen-bond acceptors (Lipinski definition) is 3. The molecule has 0 aliphatic rings. The molecular weight excluding hydrogens is 328 g/mol. The van der Waals surface area contributed by atoms with Crippen LogP contribution in [-0.2, 0) is 0 Å². The van der Waals surface area contributed by atoms with Crippen LogP contribution >= 0.6 is 15.9 Å². The lowest BCUT2D eigenvalue weighted by atomic mass is 10.1. The Balaban J connectivity index is 2.29. The Bertz CT molecular complexity index is 565. The van der Waals surface area contributed by atoms with Gasteiger partial charge >= 0.3 is 0 Å². The van der Waals surface area contributed by atoms with E-state index in [1.165, 1.54) is 12.8 Å². The Labute approximate surface area is 135 Å². The van der Waals surface area contributed by atoms with Crippen molar-refractivity contribution in [3.8, 4) is 0 Å². The van der Waals surface area contributed by atoms with Crippen molar-refractivity contribution in [1.29, 1.82) is 0 Å². The second kappa shape index (κ2) is 7.25. The first-order valence-electron chi connectivity index (χ1n) is 7.71. The number of fused-ring (bicyclic) bond motifs is 1. The van der Waals surface area contributed by atoms with Crippen LogP contribution in [0.2, 0.25) is 0 Å². The predicted molar refractivity (Wildman–Crippen MR) is 91.8 cm³/mol. The summed E-state index contributed by atoms with van der Waals surface area (Å²) in [6, 6.07) is 0. The Hall–Kier alpha value is -1.10. The standard InChI is InChI=1S/C16H25BrN4/c1-12(2)5-8-20(9-6-13(3)4)16-15-18-7-10-21(15)11-14(17)19-16/h7,10-13H,5-6,8-9H2,1-4H3. The molecule has 21 heavy (non-hydrogen) atoms. The van der Waals surface area contributed by atoms with Crippen LogP contribution in [0.25, 0.3) is 5.65 Å². The molecule has 0 aromatic carbocycles. The third-order valence-corrected chi connectivity index (χ3v) is 3.96. The van der Waals surface area contributed by atoms with Gasteiger partial charge in [0.15, 0.2) is 11.5 Å². The summed E-state index contributed by atoms with van der Waals surface area (Å²) in [7, 11) is 0. The van der Waals surface area contributed by atoms with E-state index in [2.05, 4.69) is 58.5 Å². The van der Waals surface area contributed by atoms with Crippen LogP contribution in [0.5, 0.6) is 0 Å². The van der Waals surface area contributed by atoms with E-state index in [9.17, 15) is 0 Å². The third-order valence-electron chi connectivity index (χ3n) is 3.58. The van der Waals surface area contributed by atoms with Gasteiger partial charge < -0.3 is 9.30 Å². The highest BCUT2D eigenvalue weighted by Crippen LogP contribution is 2.22. The molecule has 0 unspecified atom stereocenters. The van der Waals surface area contributed by atoms with Gasteiger partial charge in [-0.3, -0.25) is 0 Å². The zero-order valence-electron chi connectivity index (χ0n) is 13.4. The molecule has 2 aromatic heterocycles. The smallest absolute Gasteiger partial charge is 0.180 e. The number of aromatic nitrogens is 3. The maximum absolute atomic E-state index is 4.69. The topological polar surface area (TPSA) is 33.4 Å². The lowest BCUT2D eigenvalue weighted by Crippen LogP contribution is -2.29. The Morgan fingerprint density at radius 2 is 1.76 bits per heavy atom. The lowest BCUT2D eigenvalue weighted by Gasteiger charge is -2.26. The monoisotopic (exact) mass is 352 g/mol. The normalized spacial score (nSPS) is 11.8. The fourth-order valence-electron chi connectivity index (χ4n) is 2.25. The van der Waals surface area contributed by atoms with Crippen molar-refractivity contribution in [3.05, 3.63) is 23.2 Å². The average Bonchev–Trinajstić information content (AvgIpc) is 2.85. The van der Waals surface area contributed by atoms with Crippen LogP contribution in [0, 0.1) is 11.8 Å². The molecule has 0 bridgehead atoms. The molecule has 0 atom stereocenters. The minimum atomic E-state index is 0.689. The maximum Gasteiger partial charge on any atom is 0.180 e. The number of halogens is 1. The van der Waals surface area contributed by atoms with E-state index >= 15 is 0 Å². The third kappa shape index (κ3) is 4.43. The highest BCUT2D eigenvalue weighted by atomic mass is 79.9. The largest absolute Gasteiger partial charge is 0.353 e. The highest BCUT2D eigenvalue weighted by molar-refractivity contribution is 9.10. The molecular formula is C16H25BrN4. The summed E-state index contributed by atoms with van der Waals surface area (Å²) in [6.45, 7) is 11.1. The lowest BCUT2D eigenvalue weighted by molar-refractivity contribution is 0.533. The summed E-state index contributed by atoms with van der Waals surface area (Å²) in [5.74, 6) is 2.36. The summed E-state index contributed by atoms with van der Waals surface area (Å²) < 4.78 is 2.88. The van der Waals surface area contributed by atoms with Crippen LogP contribution in [0.4, 0.5) is 5.82 Å². The molecule has 0 spiro atoms. The minimum absolute atomic E-state index is 0.689. The van der Waals surface area contributed by atoms with Gasteiger partial charge in [-0.2, -0.15) is 0 Å². The molecule has 0 aliphatic carbocycles. The molecule has 0 amide bonds. The molecule has 0 N–H and O–H groups in total. The van der Waals surface area contributed by atoms with Crippen LogP contribution in [-0.4, -0.2) is 27.5 Å². The molecule has 0 aliphatic heterocycles. The molecule has 2 aromatic rings. The fraction of sp³-hybridized carbons (Fsp3) is 0.625. The van der Waals surface area contributed by atoms with Crippen LogP contribution in [0.3, 0.4) is 0 Å². The summed E-state index contributed by atoms with van der Waals surface area (Å²) >= 11 is 3.51. The Morgan fingerprint density at radius 3 is 2.33 bits per heavy atom. The molecule has 0 saturated carbocycles. The van der Waals surface area contributed by atoms with Crippen molar-refractivity contribution in [2.45, 2.75) is 40.5 Å². The zero-order valence-corrected chi connectivity index (χ0v) is 15.0. The molecule has 2 heterocycles. The maximum atomic E-state index is 4.69. The van der Waals surface area contributed by atoms with Crippen molar-refractivity contribution in [2.75, 3.05) is 18.0 Å². The number of hydrogen-bond donors (Lipinski definition) is 0. The van der Waals surface area contributed by atoms with E-state index in [0.717, 1.165) is 29.2 Å². The SMILES string of the molecule is CC(C)CCN(CCC(C)C)c1nc(Br)cn2ccnc12. The molecule has 5 heteroatoms. The molecule has 0 radical (unpaired) electrons. The number of rotatable bonds is 7. The highest BCUT2D eigenvalue weighted by Gasteiger charge is 2.15. The van der Waals surface area contributed by atoms with Crippen molar-refractivity contribution in [3.63, 3.8) is 0 Å². The van der Waals surface area contributed by atoms with Crippen molar-refractivity contribution in [2.24, 2.45) is 11.8 Å². The molecule has 4 nitrogen and oxygen atoms in total. The summed E-state index contributed by atoms with van der Waals surface area (Å²) in [5.41, 5.74) is 0.936. The first kappa shape index (κ1) is 16.3. The number of nitrogens with zero attached hydrogens (tertiary/aromatic N) is 4. The summed E-state index contributed by atoms with van der Waals surface area (Å²) in [5, 5.41) is 0. The van der Waals surface area contributed by atoms with E-state index in [-0.39, 0.29) is 0 Å². The first-order valence-corrected chi connectivity index (χ1v) is 8.50. The average molecular weight is 353 g/mol. The Morgan fingerprint density at radius 1 is 1.14 bits per heavy atom. The van der Waals surface area contributed by atoms with Crippen LogP contribution in [0.1, 0.15) is 40.5 Å². The van der Waals surface area contributed by atoms with Crippen LogP contribution < -0.4 is 4.90 Å². The van der Waals surface area contributed by atoms with Gasteiger partial charge in [-0.25, -0.2) is 9.97 Å². The second-order valence-electron chi connectivity index (χ2n) is 6.40. The van der Waals surface area contributed by atoms with Gasteiger partial charge in [-0.1, -0.05) is 27.7 Å². The van der Waals surface area contributed by atoms with E-state index in [1.807, 2.05) is 23.0 Å². The zero-order chi connectivity index (χ0) is 15.4. The summed E-state index contributed by atoms with van der Waals surface area (Å²) in [6.07, 6.45) is 8.08. The second-order valence-corrected chi connectivity index (χ2v) is 7.21. The fourth-order valence-corrected chi connectivity index (χ4v) is 2.64. The first-order chi connectivity index (χ1) is 9.97. The van der Waals surface area contributed by atoms with E-state index < -0.39 is 0 Å². The van der Waals surface area contributed by atoms with Gasteiger partial charge in [0.2, 0.25) is 0 Å². The van der Waals surface area contributed by atoms with Gasteiger partial charge in [0.1, 0.15) is 4.60 Å². The van der Waals surface area contributed by atoms with E-state index in [0.29, 0.717) is 11.8 Å². The van der Waals surface area contributed by atoms with E-state index in [4.69, 9.17) is 0 Å². The number of anilines is 1. The van der Waals surface area contributed by atoms with Gasteiger partial charge in [0.25, 0.3) is 0 Å². The molecule has 0 fully saturated rings. The van der Waals surface area contributed by atoms with Gasteiger partial charge in [-0.15, -0.1) is 0 Å². The summed E-state index contributed by atoms with van der Waals surface area (Å²) in [4.78, 5) is 11.5. The number of imidazole rings is 1. The predicted octanol–water partition coefficient (Wildman–Crippen LogP) is 4.39. The van der Waals surface area contributed by atoms with Gasteiger partial charge in [0.05, 0.1) is 0 Å². The van der Waals surface area contributed by atoms with Gasteiger partial charge in [-0.05, 0) is 40.6 Å². The van der Waals surface area contributed by atoms with E-state index in [1.54, 1.807) is 0 Å². The minimum Gasteiger partial charge on any atom is -0.353 e. The van der Waals surface area contributed by atoms with Crippen molar-refractivity contribution >= 4 is 27.4 Å². The van der Waals surface area contributed by atoms with Crippen molar-refractivity contribution < 1.29 is 0 Å². The molecule has 0 saturated heterocycles. The van der Waals surface area contributed by atoms with Gasteiger partial charge in [0, 0.05) is 31.7 Å². The Kier molecular flexibility index (Phi) is 5.62. The van der Waals surface area contributed by atoms with Crippen molar-refractivity contribution in [1.82, 2.24) is 14.4 Å². The van der Waals surface area contributed by atoms with Crippen LogP contribution in [0.15, 0.2) is 23.2 Å². The quantitative estimate of drug-likeness (QED) is 0.740.